The number of carbonyl (C=O) groups excluding carboxylic acids is 1. The Morgan fingerprint density at radius 1 is 1.38 bits per heavy atom. The number of hydrogen-bond acceptors (Lipinski definition) is 6. The van der Waals surface area contributed by atoms with Crippen LogP contribution in [0.4, 0.5) is 11.4 Å². The number of benzene rings is 1. The monoisotopic (exact) mass is 293 g/mol. The van der Waals surface area contributed by atoms with Crippen LogP contribution in [0.5, 0.6) is 0 Å². The van der Waals surface area contributed by atoms with E-state index in [1.54, 1.807) is 0 Å². The lowest BCUT2D eigenvalue weighted by Gasteiger charge is -2.14. The van der Waals surface area contributed by atoms with E-state index in [0.29, 0.717) is 12.1 Å². The smallest absolute Gasteiger partial charge is 0.293 e. The van der Waals surface area contributed by atoms with Gasteiger partial charge in [-0.1, -0.05) is 0 Å². The Bertz CT molecular complexity index is 529. The first-order valence-corrected chi connectivity index (χ1v) is 6.87. The number of hydrogen-bond donors (Lipinski definition) is 3. The summed E-state index contributed by atoms with van der Waals surface area (Å²) in [6.07, 6.45) is 2.42. The molecule has 1 aliphatic heterocycles. The third kappa shape index (κ3) is 3.89. The van der Waals surface area contributed by atoms with Crippen molar-refractivity contribution in [3.63, 3.8) is 0 Å². The minimum Gasteiger partial charge on any atom is -0.351 e. The van der Waals surface area contributed by atoms with E-state index in [-0.39, 0.29) is 17.3 Å². The number of nitro groups is 1. The zero-order chi connectivity index (χ0) is 15.2. The van der Waals surface area contributed by atoms with E-state index in [9.17, 15) is 14.9 Å². The Morgan fingerprint density at radius 2 is 2.10 bits per heavy atom. The number of nitrogens with zero attached hydrogens (tertiary/aromatic N) is 2. The first-order chi connectivity index (χ1) is 10.1. The van der Waals surface area contributed by atoms with E-state index >= 15 is 0 Å². The highest BCUT2D eigenvalue weighted by Gasteiger charge is 2.16. The number of carbonyl (C=O) groups is 1. The molecule has 0 aromatic heterocycles. The Hall–Kier alpha value is -2.19. The number of rotatable bonds is 6. The Labute approximate surface area is 122 Å². The van der Waals surface area contributed by atoms with Gasteiger partial charge in [-0.05, 0) is 38.1 Å². The summed E-state index contributed by atoms with van der Waals surface area (Å²) in [5, 5.41) is 13.6. The molecule has 1 heterocycles. The van der Waals surface area contributed by atoms with Crippen LogP contribution in [0, 0.1) is 10.1 Å². The molecule has 114 valence electrons. The Kier molecular flexibility index (Phi) is 5.07. The molecule has 1 aromatic carbocycles. The molecule has 1 fully saturated rings. The molecular formula is C13H19N5O3. The number of nitrogens with one attached hydrogen (secondary N) is 2. The van der Waals surface area contributed by atoms with Gasteiger partial charge in [-0.2, -0.15) is 0 Å². The third-order valence-corrected chi connectivity index (χ3v) is 3.52. The van der Waals surface area contributed by atoms with Crippen molar-refractivity contribution in [2.24, 2.45) is 5.84 Å². The van der Waals surface area contributed by atoms with E-state index in [1.165, 1.54) is 31.0 Å². The number of anilines is 1. The maximum Gasteiger partial charge on any atom is 0.293 e. The largest absolute Gasteiger partial charge is 0.351 e. The molecule has 0 aliphatic carbocycles. The van der Waals surface area contributed by atoms with Crippen molar-refractivity contribution in [3.05, 3.63) is 33.9 Å². The highest BCUT2D eigenvalue weighted by Crippen LogP contribution is 2.24. The number of likely N-dealkylation sites (tertiary alicyclic amines) is 1. The van der Waals surface area contributed by atoms with Crippen LogP contribution in [0.3, 0.4) is 0 Å². The minimum atomic E-state index is -0.551. The molecule has 0 saturated carbocycles. The Morgan fingerprint density at radius 3 is 2.71 bits per heavy atom. The van der Waals surface area contributed by atoms with Gasteiger partial charge in [0.2, 0.25) is 0 Å². The summed E-state index contributed by atoms with van der Waals surface area (Å²) in [6.45, 7) is 3.53. The molecule has 8 nitrogen and oxygen atoms in total. The molecule has 0 spiro atoms. The van der Waals surface area contributed by atoms with Crippen molar-refractivity contribution < 1.29 is 9.72 Å². The van der Waals surface area contributed by atoms with Gasteiger partial charge in [0.05, 0.1) is 4.92 Å². The van der Waals surface area contributed by atoms with Crippen molar-refractivity contribution in [2.45, 2.75) is 12.8 Å². The topological polar surface area (TPSA) is 114 Å². The van der Waals surface area contributed by atoms with Gasteiger partial charge in [0.1, 0.15) is 5.69 Å². The fraction of sp³-hybridized carbons (Fsp3) is 0.462. The average molecular weight is 293 g/mol. The van der Waals surface area contributed by atoms with Gasteiger partial charge >= 0.3 is 0 Å². The fourth-order valence-electron chi connectivity index (χ4n) is 2.39. The van der Waals surface area contributed by atoms with Gasteiger partial charge in [-0.25, -0.2) is 0 Å². The van der Waals surface area contributed by atoms with E-state index in [2.05, 4.69) is 15.6 Å². The molecule has 1 aromatic rings. The van der Waals surface area contributed by atoms with Crippen LogP contribution < -0.4 is 16.6 Å². The predicted molar refractivity (Wildman–Crippen MR) is 78.9 cm³/mol. The van der Waals surface area contributed by atoms with Crippen LogP contribution in [0.15, 0.2) is 18.2 Å². The summed E-state index contributed by atoms with van der Waals surface area (Å²) in [7, 11) is 0. The molecule has 1 aliphatic rings. The number of hydrazine groups is 1. The summed E-state index contributed by atoms with van der Waals surface area (Å²) >= 11 is 0. The lowest BCUT2D eigenvalue weighted by Crippen LogP contribution is -2.33. The maximum absolute atomic E-state index is 12.0. The van der Waals surface area contributed by atoms with Gasteiger partial charge in [-0.15, -0.1) is 0 Å². The molecule has 1 amide bonds. The SMILES string of the molecule is NNc1cc(C(=O)NCCN2CCCC2)ccc1[N+](=O)[O-]. The normalized spacial score (nSPS) is 14.9. The molecule has 0 radical (unpaired) electrons. The van der Waals surface area contributed by atoms with E-state index < -0.39 is 4.92 Å². The van der Waals surface area contributed by atoms with Crippen molar-refractivity contribution in [3.8, 4) is 0 Å². The van der Waals surface area contributed by atoms with Crippen LogP contribution in [0.2, 0.25) is 0 Å². The van der Waals surface area contributed by atoms with Gasteiger partial charge in [0, 0.05) is 24.7 Å². The van der Waals surface area contributed by atoms with Crippen LogP contribution in [-0.4, -0.2) is 41.9 Å². The average Bonchev–Trinajstić information content (AvgIpc) is 2.99. The van der Waals surface area contributed by atoms with Gasteiger partial charge < -0.3 is 15.6 Å². The predicted octanol–water partition coefficient (Wildman–Crippen LogP) is 0.706. The number of nitrogen functional groups attached to an aromatic ring is 1. The van der Waals surface area contributed by atoms with Gasteiger partial charge in [-0.3, -0.25) is 20.8 Å². The highest BCUT2D eigenvalue weighted by molar-refractivity contribution is 5.95. The summed E-state index contributed by atoms with van der Waals surface area (Å²) in [5.74, 6) is 4.98. The van der Waals surface area contributed by atoms with Gasteiger partial charge in [0.15, 0.2) is 0 Å². The first kappa shape index (κ1) is 15.2. The molecule has 0 unspecified atom stereocenters. The van der Waals surface area contributed by atoms with E-state index in [1.807, 2.05) is 0 Å². The summed E-state index contributed by atoms with van der Waals surface area (Å²) in [6, 6.07) is 4.07. The maximum atomic E-state index is 12.0. The molecule has 0 atom stereocenters. The van der Waals surface area contributed by atoms with Crippen molar-refractivity contribution >= 4 is 17.3 Å². The standard InChI is InChI=1S/C13H19N5O3/c14-16-11-9-10(3-4-12(11)18(20)21)13(19)15-5-8-17-6-1-2-7-17/h3-4,9,16H,1-2,5-8,14H2,(H,15,19). The zero-order valence-corrected chi connectivity index (χ0v) is 11.7. The molecule has 2 rings (SSSR count). The quantitative estimate of drug-likeness (QED) is 0.404. The van der Waals surface area contributed by atoms with Crippen LogP contribution in [0.25, 0.3) is 0 Å². The molecule has 1 saturated heterocycles. The van der Waals surface area contributed by atoms with Crippen LogP contribution >= 0.6 is 0 Å². The number of nitro benzene ring substituents is 1. The molecular weight excluding hydrogens is 274 g/mol. The van der Waals surface area contributed by atoms with Crippen LogP contribution in [0.1, 0.15) is 23.2 Å². The lowest BCUT2D eigenvalue weighted by molar-refractivity contribution is -0.384. The number of nitrogens with two attached hydrogens (primary N) is 1. The molecule has 0 bridgehead atoms. The van der Waals surface area contributed by atoms with E-state index in [0.717, 1.165) is 19.6 Å². The summed E-state index contributed by atoms with van der Waals surface area (Å²) in [5.41, 5.74) is 2.54. The van der Waals surface area contributed by atoms with Crippen molar-refractivity contribution in [1.82, 2.24) is 10.2 Å². The van der Waals surface area contributed by atoms with Crippen molar-refractivity contribution in [2.75, 3.05) is 31.6 Å². The zero-order valence-electron chi connectivity index (χ0n) is 11.7. The summed E-state index contributed by atoms with van der Waals surface area (Å²) in [4.78, 5) is 24.5. The third-order valence-electron chi connectivity index (χ3n) is 3.52. The summed E-state index contributed by atoms with van der Waals surface area (Å²) < 4.78 is 0. The molecule has 4 N–H and O–H groups in total. The highest BCUT2D eigenvalue weighted by atomic mass is 16.6. The minimum absolute atomic E-state index is 0.118. The molecule has 8 heteroatoms. The number of amides is 1. The van der Waals surface area contributed by atoms with Crippen LogP contribution in [-0.2, 0) is 0 Å². The Balaban J connectivity index is 1.93. The van der Waals surface area contributed by atoms with Gasteiger partial charge in [0.25, 0.3) is 11.6 Å². The first-order valence-electron chi connectivity index (χ1n) is 6.87. The fourth-order valence-corrected chi connectivity index (χ4v) is 2.39. The second-order valence-electron chi connectivity index (χ2n) is 4.94. The van der Waals surface area contributed by atoms with Crippen molar-refractivity contribution in [1.29, 1.82) is 0 Å². The molecule has 21 heavy (non-hydrogen) atoms. The second-order valence-corrected chi connectivity index (χ2v) is 4.94. The second kappa shape index (κ2) is 7.00. The van der Waals surface area contributed by atoms with E-state index in [4.69, 9.17) is 5.84 Å². The lowest BCUT2D eigenvalue weighted by atomic mass is 10.1.